The predicted molar refractivity (Wildman–Crippen MR) is 98.0 cm³/mol. The third-order valence-corrected chi connectivity index (χ3v) is 4.38. The number of β-amino-alcohol motifs (C(OH)–C–C–N with tert-alkyl or cyclic N) is 1. The Bertz CT molecular complexity index is 753. The Morgan fingerprint density at radius 1 is 1.30 bits per heavy atom. The molecule has 0 saturated carbocycles. The Morgan fingerprint density at radius 3 is 2.74 bits per heavy atom. The molecule has 1 aliphatic rings. The number of aromatic nitrogens is 2. The summed E-state index contributed by atoms with van der Waals surface area (Å²) in [6, 6.07) is 10.7. The maximum absolute atomic E-state index is 12.1. The predicted octanol–water partition coefficient (Wildman–Crippen LogP) is 0.238. The first-order valence-corrected chi connectivity index (χ1v) is 8.62. The van der Waals surface area contributed by atoms with Gasteiger partial charge in [-0.3, -0.25) is 0 Å². The van der Waals surface area contributed by atoms with Crippen LogP contribution in [0.1, 0.15) is 11.3 Å². The number of nitrogens with two attached hydrogens (primary N) is 1. The molecule has 1 aromatic heterocycles. The molecule has 1 fully saturated rings. The molecule has 1 saturated heterocycles. The number of alkyl carbamates (subject to hydrolysis) is 1. The molecule has 9 nitrogen and oxygen atoms in total. The average Bonchev–Trinajstić information content (AvgIpc) is 3.01. The van der Waals surface area contributed by atoms with Crippen LogP contribution in [-0.4, -0.2) is 53.3 Å². The van der Waals surface area contributed by atoms with E-state index in [4.69, 9.17) is 15.2 Å². The minimum atomic E-state index is -0.768. The smallest absolute Gasteiger partial charge is 0.407 e. The van der Waals surface area contributed by atoms with Crippen molar-refractivity contribution >= 4 is 11.9 Å². The molecule has 27 heavy (non-hydrogen) atoms. The molecule has 5 N–H and O–H groups in total. The summed E-state index contributed by atoms with van der Waals surface area (Å²) in [5, 5.41) is 23.5. The van der Waals surface area contributed by atoms with Gasteiger partial charge in [-0.05, 0) is 36.2 Å². The second-order valence-corrected chi connectivity index (χ2v) is 6.31. The van der Waals surface area contributed by atoms with Crippen molar-refractivity contribution in [2.45, 2.75) is 31.2 Å². The topological polar surface area (TPSA) is 132 Å². The van der Waals surface area contributed by atoms with Crippen molar-refractivity contribution in [2.24, 2.45) is 0 Å². The van der Waals surface area contributed by atoms with E-state index in [0.717, 1.165) is 11.3 Å². The molecule has 1 amide bonds. The van der Waals surface area contributed by atoms with Crippen molar-refractivity contribution in [3.8, 4) is 5.75 Å². The van der Waals surface area contributed by atoms with Crippen molar-refractivity contribution in [3.05, 3.63) is 47.7 Å². The second-order valence-electron chi connectivity index (χ2n) is 6.31. The van der Waals surface area contributed by atoms with Crippen LogP contribution in [0.15, 0.2) is 36.4 Å². The summed E-state index contributed by atoms with van der Waals surface area (Å²) in [6.07, 6.45) is -1.43. The van der Waals surface area contributed by atoms with Gasteiger partial charge in [-0.25, -0.2) is 4.79 Å². The maximum Gasteiger partial charge on any atom is 0.407 e. The number of nitrogens with one attached hydrogen (secondary N) is 2. The summed E-state index contributed by atoms with van der Waals surface area (Å²) in [7, 11) is 1.61. The molecule has 0 aliphatic carbocycles. The van der Waals surface area contributed by atoms with Crippen LogP contribution in [0.25, 0.3) is 0 Å². The van der Waals surface area contributed by atoms with Gasteiger partial charge in [0.25, 0.3) is 0 Å². The Morgan fingerprint density at radius 2 is 2.07 bits per heavy atom. The molecule has 0 spiro atoms. The van der Waals surface area contributed by atoms with Crippen LogP contribution in [0, 0.1) is 0 Å². The third kappa shape index (κ3) is 5.05. The first-order valence-electron chi connectivity index (χ1n) is 8.62. The molecule has 1 aromatic carbocycles. The lowest BCUT2D eigenvalue weighted by Crippen LogP contribution is -2.41. The number of methoxy groups -OCH3 is 1. The molecule has 0 bridgehead atoms. The molecule has 0 radical (unpaired) electrons. The molecule has 3 atom stereocenters. The minimum Gasteiger partial charge on any atom is -0.497 e. The molecule has 9 heteroatoms. The largest absolute Gasteiger partial charge is 0.497 e. The van der Waals surface area contributed by atoms with E-state index >= 15 is 0 Å². The first kappa shape index (κ1) is 18.9. The van der Waals surface area contributed by atoms with E-state index in [0.29, 0.717) is 24.5 Å². The van der Waals surface area contributed by atoms with Gasteiger partial charge in [0.15, 0.2) is 0 Å². The fraction of sp³-hybridized carbons (Fsp3) is 0.389. The first-order chi connectivity index (χ1) is 13.0. The van der Waals surface area contributed by atoms with E-state index in [-0.39, 0.29) is 12.6 Å². The number of ether oxygens (including phenoxy) is 2. The van der Waals surface area contributed by atoms with Gasteiger partial charge in [0.2, 0.25) is 0 Å². The van der Waals surface area contributed by atoms with Crippen molar-refractivity contribution in [2.75, 3.05) is 19.4 Å². The highest BCUT2D eigenvalue weighted by Crippen LogP contribution is 2.19. The number of aliphatic hydroxyl groups excluding tert-OH is 1. The van der Waals surface area contributed by atoms with E-state index < -0.39 is 18.3 Å². The number of aliphatic hydroxyl groups is 1. The highest BCUT2D eigenvalue weighted by molar-refractivity contribution is 5.67. The lowest BCUT2D eigenvalue weighted by Gasteiger charge is -2.22. The number of nitrogen functional groups attached to an aromatic ring is 1. The van der Waals surface area contributed by atoms with Crippen LogP contribution in [0.2, 0.25) is 0 Å². The summed E-state index contributed by atoms with van der Waals surface area (Å²) in [4.78, 5) is 12.1. The molecule has 2 heterocycles. The molecular formula is C18H23N5O4. The molecule has 144 valence electrons. The molecule has 1 aliphatic heterocycles. The van der Waals surface area contributed by atoms with E-state index in [9.17, 15) is 9.90 Å². The lowest BCUT2D eigenvalue weighted by atomic mass is 10.0. The number of hydrogen-bond donors (Lipinski definition) is 4. The Labute approximate surface area is 156 Å². The van der Waals surface area contributed by atoms with Crippen LogP contribution < -0.4 is 21.1 Å². The molecular weight excluding hydrogens is 350 g/mol. The highest BCUT2D eigenvalue weighted by Gasteiger charge is 2.37. The fourth-order valence-corrected chi connectivity index (χ4v) is 2.93. The van der Waals surface area contributed by atoms with Crippen molar-refractivity contribution in [3.63, 3.8) is 0 Å². The summed E-state index contributed by atoms with van der Waals surface area (Å²) in [5.41, 5.74) is 7.08. The summed E-state index contributed by atoms with van der Waals surface area (Å²) >= 11 is 0. The van der Waals surface area contributed by atoms with Crippen LogP contribution >= 0.6 is 0 Å². The zero-order valence-electron chi connectivity index (χ0n) is 15.0. The monoisotopic (exact) mass is 373 g/mol. The number of hydrogen-bond acceptors (Lipinski definition) is 8. The van der Waals surface area contributed by atoms with Gasteiger partial charge in [0.05, 0.1) is 25.4 Å². The van der Waals surface area contributed by atoms with Gasteiger partial charge in [-0.1, -0.05) is 12.1 Å². The van der Waals surface area contributed by atoms with Gasteiger partial charge >= 0.3 is 6.09 Å². The van der Waals surface area contributed by atoms with Crippen LogP contribution in [0.5, 0.6) is 5.75 Å². The quantitative estimate of drug-likeness (QED) is 0.566. The number of carbonyl (C=O) groups excluding carboxylic acids is 1. The number of anilines is 1. The number of rotatable bonds is 6. The summed E-state index contributed by atoms with van der Waals surface area (Å²) in [6.45, 7) is 0.522. The Kier molecular flexibility index (Phi) is 6.05. The molecule has 3 rings (SSSR count). The number of nitrogens with zero attached hydrogens (tertiary/aromatic N) is 2. The zero-order chi connectivity index (χ0) is 19.2. The minimum absolute atomic E-state index is 0.158. The highest BCUT2D eigenvalue weighted by atomic mass is 16.6. The van der Waals surface area contributed by atoms with Crippen molar-refractivity contribution in [1.29, 1.82) is 0 Å². The van der Waals surface area contributed by atoms with E-state index in [1.807, 2.05) is 24.3 Å². The van der Waals surface area contributed by atoms with Gasteiger partial charge in [-0.15, -0.1) is 5.10 Å². The van der Waals surface area contributed by atoms with E-state index in [2.05, 4.69) is 20.8 Å². The Balaban J connectivity index is 1.54. The Hall–Kier alpha value is -2.91. The zero-order valence-corrected chi connectivity index (χ0v) is 15.0. The van der Waals surface area contributed by atoms with Crippen LogP contribution in [0.4, 0.5) is 10.6 Å². The number of benzene rings is 1. The van der Waals surface area contributed by atoms with Crippen molar-refractivity contribution < 1.29 is 19.4 Å². The normalized spacial score (nSPS) is 21.6. The van der Waals surface area contributed by atoms with Gasteiger partial charge in [-0.2, -0.15) is 5.10 Å². The van der Waals surface area contributed by atoms with Gasteiger partial charge in [0, 0.05) is 6.54 Å². The maximum atomic E-state index is 12.1. The van der Waals surface area contributed by atoms with Crippen molar-refractivity contribution in [1.82, 2.24) is 20.8 Å². The van der Waals surface area contributed by atoms with Crippen LogP contribution in [-0.2, 0) is 17.7 Å². The van der Waals surface area contributed by atoms with Gasteiger partial charge in [0.1, 0.15) is 23.8 Å². The SMILES string of the molecule is COc1ccc(C[C@H]2NC[C@H](O)[C@H]2OC(=O)NCc2ccc(N)nn2)cc1. The summed E-state index contributed by atoms with van der Waals surface area (Å²) in [5.74, 6) is 1.08. The van der Waals surface area contributed by atoms with E-state index in [1.54, 1.807) is 19.2 Å². The lowest BCUT2D eigenvalue weighted by molar-refractivity contribution is 0.0187. The number of carbonyl (C=O) groups is 1. The molecule has 0 unspecified atom stereocenters. The van der Waals surface area contributed by atoms with E-state index in [1.165, 1.54) is 0 Å². The standard InChI is InChI=1S/C18H23N5O4/c1-26-13-5-2-11(3-6-13)8-14-17(15(24)10-20-14)27-18(25)21-9-12-4-7-16(19)23-22-12/h2-7,14-15,17,20,24H,8-10H2,1H3,(H2,19,23)(H,21,25)/t14-,15+,17+/m1/s1. The fourth-order valence-electron chi connectivity index (χ4n) is 2.93. The van der Waals surface area contributed by atoms with Gasteiger partial charge < -0.3 is 30.9 Å². The molecule has 2 aromatic rings. The van der Waals surface area contributed by atoms with Crippen LogP contribution in [0.3, 0.4) is 0 Å². The number of amides is 1. The second kappa shape index (κ2) is 8.65. The average molecular weight is 373 g/mol. The third-order valence-electron chi connectivity index (χ3n) is 4.38. The summed E-state index contributed by atoms with van der Waals surface area (Å²) < 4.78 is 10.6.